The summed E-state index contributed by atoms with van der Waals surface area (Å²) in [5, 5.41) is 13.2. The number of hydrogen-bond donors (Lipinski definition) is 3. The van der Waals surface area contributed by atoms with Crippen molar-refractivity contribution in [1.29, 1.82) is 0 Å². The largest absolute Gasteiger partial charge is 0.371 e. The molecule has 0 saturated heterocycles. The molecule has 0 aliphatic heterocycles. The molecule has 140 valence electrons. The Balaban J connectivity index is 1.62. The molecule has 3 N–H and O–H groups in total. The first kappa shape index (κ1) is 18.6. The quantitative estimate of drug-likeness (QED) is 0.560. The molecule has 3 rings (SSSR count). The summed E-state index contributed by atoms with van der Waals surface area (Å²) < 4.78 is 0. The number of benzene rings is 1. The lowest BCUT2D eigenvalue weighted by Crippen LogP contribution is -2.24. The fourth-order valence-electron chi connectivity index (χ4n) is 3.05. The number of nitrogens with one attached hydrogen (secondary N) is 3. The van der Waals surface area contributed by atoms with Crippen LogP contribution >= 0.6 is 0 Å². The van der Waals surface area contributed by atoms with E-state index >= 15 is 0 Å². The molecule has 2 aromatic heterocycles. The molecule has 0 fully saturated rings. The first-order valence-electron chi connectivity index (χ1n) is 8.98. The molecule has 0 radical (unpaired) electrons. The summed E-state index contributed by atoms with van der Waals surface area (Å²) in [7, 11) is 1.80. The van der Waals surface area contributed by atoms with E-state index in [9.17, 15) is 4.79 Å². The molecule has 0 saturated carbocycles. The Bertz CT molecular complexity index is 914. The summed E-state index contributed by atoms with van der Waals surface area (Å²) in [6, 6.07) is 7.42. The average molecular weight is 364 g/mol. The first-order valence-corrected chi connectivity index (χ1v) is 8.98. The minimum atomic E-state index is -0.0904. The highest BCUT2D eigenvalue weighted by atomic mass is 16.1. The number of aromatic nitrogens is 4. The van der Waals surface area contributed by atoms with Crippen molar-refractivity contribution in [1.82, 2.24) is 25.5 Å². The van der Waals surface area contributed by atoms with Crippen molar-refractivity contribution in [2.24, 2.45) is 0 Å². The number of anilines is 1. The third-order valence-electron chi connectivity index (χ3n) is 4.50. The van der Waals surface area contributed by atoms with Crippen LogP contribution in [0.2, 0.25) is 0 Å². The van der Waals surface area contributed by atoms with Crippen LogP contribution in [-0.2, 0) is 6.42 Å². The Hall–Kier alpha value is -3.22. The Morgan fingerprint density at radius 3 is 2.74 bits per heavy atom. The van der Waals surface area contributed by atoms with Gasteiger partial charge in [-0.15, -0.1) is 0 Å². The van der Waals surface area contributed by atoms with Gasteiger partial charge in [0, 0.05) is 42.8 Å². The molecule has 0 spiro atoms. The Morgan fingerprint density at radius 1 is 1.19 bits per heavy atom. The van der Waals surface area contributed by atoms with E-state index in [1.807, 2.05) is 32.0 Å². The van der Waals surface area contributed by atoms with Crippen LogP contribution in [-0.4, -0.2) is 39.7 Å². The van der Waals surface area contributed by atoms with E-state index in [2.05, 4.69) is 30.8 Å². The van der Waals surface area contributed by atoms with Gasteiger partial charge in [0.25, 0.3) is 5.91 Å². The molecule has 1 amide bonds. The van der Waals surface area contributed by atoms with Gasteiger partial charge in [0.2, 0.25) is 0 Å². The fourth-order valence-corrected chi connectivity index (χ4v) is 3.05. The van der Waals surface area contributed by atoms with Crippen molar-refractivity contribution >= 4 is 11.7 Å². The van der Waals surface area contributed by atoms with E-state index in [1.165, 1.54) is 5.56 Å². The average Bonchev–Trinajstić information content (AvgIpc) is 3.03. The summed E-state index contributed by atoms with van der Waals surface area (Å²) in [6.07, 6.45) is 5.03. The van der Waals surface area contributed by atoms with Crippen LogP contribution in [0.1, 0.15) is 33.7 Å². The first-order chi connectivity index (χ1) is 13.1. The number of hydrogen-bond acceptors (Lipinski definition) is 5. The minimum Gasteiger partial charge on any atom is -0.371 e. The van der Waals surface area contributed by atoms with Crippen molar-refractivity contribution in [3.63, 3.8) is 0 Å². The van der Waals surface area contributed by atoms with Gasteiger partial charge in [-0.25, -0.2) is 4.98 Å². The standard InChI is InChI=1S/C20H24N6O/c1-13-17(14(2)26-25-13)8-5-9-24-20(27)16-7-4-6-15(12-16)18-19(21-3)23-11-10-22-18/h4,6-7,10-12H,5,8-9H2,1-3H3,(H,21,23)(H,24,27)(H,25,26). The molecule has 3 aromatic rings. The number of rotatable bonds is 7. The van der Waals surface area contributed by atoms with E-state index in [0.29, 0.717) is 17.9 Å². The van der Waals surface area contributed by atoms with E-state index < -0.39 is 0 Å². The summed E-state index contributed by atoms with van der Waals surface area (Å²) in [6.45, 7) is 4.63. The van der Waals surface area contributed by atoms with Gasteiger partial charge >= 0.3 is 0 Å². The van der Waals surface area contributed by atoms with Gasteiger partial charge < -0.3 is 10.6 Å². The minimum absolute atomic E-state index is 0.0904. The number of carbonyl (C=O) groups excluding carboxylic acids is 1. The normalized spacial score (nSPS) is 10.6. The number of aryl methyl sites for hydroxylation is 2. The summed E-state index contributed by atoms with van der Waals surface area (Å²) >= 11 is 0. The lowest BCUT2D eigenvalue weighted by molar-refractivity contribution is 0.0953. The predicted octanol–water partition coefficient (Wildman–Crippen LogP) is 2.89. The summed E-state index contributed by atoms with van der Waals surface area (Å²) in [4.78, 5) is 21.1. The zero-order valence-electron chi connectivity index (χ0n) is 15.8. The van der Waals surface area contributed by atoms with Crippen LogP contribution in [0.15, 0.2) is 36.7 Å². The maximum Gasteiger partial charge on any atom is 0.251 e. The van der Waals surface area contributed by atoms with E-state index in [4.69, 9.17) is 0 Å². The third kappa shape index (κ3) is 4.31. The van der Waals surface area contributed by atoms with Gasteiger partial charge in [-0.3, -0.25) is 14.9 Å². The molecule has 2 heterocycles. The van der Waals surface area contributed by atoms with Gasteiger partial charge in [0.15, 0.2) is 5.82 Å². The second kappa shape index (κ2) is 8.44. The molecule has 0 atom stereocenters. The number of H-pyrrole nitrogens is 1. The Labute approximate surface area is 158 Å². The van der Waals surface area contributed by atoms with Crippen molar-refractivity contribution in [3.8, 4) is 11.3 Å². The van der Waals surface area contributed by atoms with Crippen LogP contribution in [0.25, 0.3) is 11.3 Å². The molecule has 27 heavy (non-hydrogen) atoms. The van der Waals surface area contributed by atoms with Crippen molar-refractivity contribution in [2.75, 3.05) is 18.9 Å². The topological polar surface area (TPSA) is 95.6 Å². The molecule has 0 unspecified atom stereocenters. The monoisotopic (exact) mass is 364 g/mol. The van der Waals surface area contributed by atoms with Gasteiger partial charge in [0.05, 0.1) is 5.69 Å². The number of nitrogens with zero attached hydrogens (tertiary/aromatic N) is 3. The third-order valence-corrected chi connectivity index (χ3v) is 4.50. The van der Waals surface area contributed by atoms with Gasteiger partial charge in [0.1, 0.15) is 5.69 Å². The highest BCUT2D eigenvalue weighted by Gasteiger charge is 2.11. The maximum atomic E-state index is 12.5. The predicted molar refractivity (Wildman–Crippen MR) is 106 cm³/mol. The molecule has 0 aliphatic carbocycles. The summed E-state index contributed by atoms with van der Waals surface area (Å²) in [5.74, 6) is 0.591. The SMILES string of the molecule is CNc1nccnc1-c1cccc(C(=O)NCCCc2c(C)n[nH]c2C)c1. The van der Waals surface area contributed by atoms with Gasteiger partial charge in [-0.2, -0.15) is 5.10 Å². The molecule has 1 aromatic carbocycles. The van der Waals surface area contributed by atoms with Crippen LogP contribution in [0, 0.1) is 13.8 Å². The van der Waals surface area contributed by atoms with Crippen LogP contribution in [0.5, 0.6) is 0 Å². The zero-order valence-corrected chi connectivity index (χ0v) is 15.8. The second-order valence-electron chi connectivity index (χ2n) is 6.36. The van der Waals surface area contributed by atoms with Crippen molar-refractivity contribution < 1.29 is 4.79 Å². The Morgan fingerprint density at radius 2 is 2.00 bits per heavy atom. The van der Waals surface area contributed by atoms with E-state index in [0.717, 1.165) is 35.5 Å². The smallest absolute Gasteiger partial charge is 0.251 e. The number of carbonyl (C=O) groups is 1. The number of amides is 1. The zero-order chi connectivity index (χ0) is 19.2. The molecule has 0 bridgehead atoms. The van der Waals surface area contributed by atoms with Crippen molar-refractivity contribution in [3.05, 3.63) is 59.2 Å². The van der Waals surface area contributed by atoms with E-state index in [-0.39, 0.29) is 5.91 Å². The fraction of sp³-hybridized carbons (Fsp3) is 0.300. The summed E-state index contributed by atoms with van der Waals surface area (Å²) in [5.41, 5.74) is 5.53. The van der Waals surface area contributed by atoms with Crippen LogP contribution < -0.4 is 10.6 Å². The highest BCUT2D eigenvalue weighted by molar-refractivity contribution is 5.95. The lowest BCUT2D eigenvalue weighted by Gasteiger charge is -2.09. The van der Waals surface area contributed by atoms with Crippen LogP contribution in [0.4, 0.5) is 5.82 Å². The van der Waals surface area contributed by atoms with Crippen LogP contribution in [0.3, 0.4) is 0 Å². The highest BCUT2D eigenvalue weighted by Crippen LogP contribution is 2.23. The maximum absolute atomic E-state index is 12.5. The second-order valence-corrected chi connectivity index (χ2v) is 6.36. The molecule has 7 nitrogen and oxygen atoms in total. The van der Waals surface area contributed by atoms with Gasteiger partial charge in [-0.1, -0.05) is 12.1 Å². The molecular weight excluding hydrogens is 340 g/mol. The van der Waals surface area contributed by atoms with Crippen molar-refractivity contribution in [2.45, 2.75) is 26.7 Å². The molecule has 7 heteroatoms. The van der Waals surface area contributed by atoms with Gasteiger partial charge in [-0.05, 0) is 44.4 Å². The molecule has 0 aliphatic rings. The Kier molecular flexibility index (Phi) is 5.80. The van der Waals surface area contributed by atoms with E-state index in [1.54, 1.807) is 25.5 Å². The lowest BCUT2D eigenvalue weighted by atomic mass is 10.1. The number of aromatic amines is 1. The molecular formula is C20H24N6O.